The molecule has 0 bridgehead atoms. The van der Waals surface area contributed by atoms with E-state index in [0.29, 0.717) is 5.92 Å². The molecule has 1 N–H and O–H groups in total. The minimum Gasteiger partial charge on any atom is -0.314 e. The standard InChI is InChI=1S/C19H19N5S2/c1-4-15-23-24-19(26-15)22-17-16-14(9-25-18(16)21-10-20-17)13-7-5-12(6-8-13)11(2)3/h5-11H,4H2,1-3H3,(H,20,21,22,24). The van der Waals surface area contributed by atoms with Crippen LogP contribution >= 0.6 is 22.7 Å². The summed E-state index contributed by atoms with van der Waals surface area (Å²) in [6.45, 7) is 6.49. The lowest BCUT2D eigenvalue weighted by Gasteiger charge is -2.08. The van der Waals surface area contributed by atoms with Crippen LogP contribution in [0.25, 0.3) is 21.3 Å². The van der Waals surface area contributed by atoms with Crippen molar-refractivity contribution in [2.45, 2.75) is 33.1 Å². The first-order chi connectivity index (χ1) is 12.7. The largest absolute Gasteiger partial charge is 0.314 e. The Morgan fingerprint density at radius 3 is 2.58 bits per heavy atom. The van der Waals surface area contributed by atoms with E-state index in [0.717, 1.165) is 38.2 Å². The number of benzene rings is 1. The third-order valence-electron chi connectivity index (χ3n) is 4.25. The first-order valence-electron chi connectivity index (χ1n) is 8.57. The van der Waals surface area contributed by atoms with Gasteiger partial charge in [-0.1, -0.05) is 56.4 Å². The Balaban J connectivity index is 1.76. The number of thiophene rings is 1. The number of aryl methyl sites for hydroxylation is 1. The van der Waals surface area contributed by atoms with Gasteiger partial charge in [0.25, 0.3) is 0 Å². The first-order valence-corrected chi connectivity index (χ1v) is 10.3. The Bertz CT molecular complexity index is 1030. The van der Waals surface area contributed by atoms with Crippen molar-refractivity contribution in [3.63, 3.8) is 0 Å². The number of fused-ring (bicyclic) bond motifs is 1. The topological polar surface area (TPSA) is 63.6 Å². The van der Waals surface area contributed by atoms with E-state index in [1.54, 1.807) is 29.0 Å². The molecule has 5 nitrogen and oxygen atoms in total. The third-order valence-corrected chi connectivity index (χ3v) is 6.12. The Morgan fingerprint density at radius 2 is 1.88 bits per heavy atom. The van der Waals surface area contributed by atoms with E-state index in [-0.39, 0.29) is 0 Å². The zero-order valence-electron chi connectivity index (χ0n) is 14.9. The highest BCUT2D eigenvalue weighted by Gasteiger charge is 2.15. The third kappa shape index (κ3) is 3.20. The van der Waals surface area contributed by atoms with Crippen LogP contribution in [0.3, 0.4) is 0 Å². The molecule has 0 fully saturated rings. The van der Waals surface area contributed by atoms with Gasteiger partial charge in [0, 0.05) is 10.9 Å². The molecular weight excluding hydrogens is 362 g/mol. The van der Waals surface area contributed by atoms with Gasteiger partial charge >= 0.3 is 0 Å². The van der Waals surface area contributed by atoms with Crippen molar-refractivity contribution in [2.24, 2.45) is 0 Å². The van der Waals surface area contributed by atoms with Crippen LogP contribution in [0.2, 0.25) is 0 Å². The summed E-state index contributed by atoms with van der Waals surface area (Å²) >= 11 is 3.19. The zero-order chi connectivity index (χ0) is 18.1. The highest BCUT2D eigenvalue weighted by molar-refractivity contribution is 7.17. The molecule has 4 rings (SSSR count). The Kier molecular flexibility index (Phi) is 4.65. The summed E-state index contributed by atoms with van der Waals surface area (Å²) in [5.74, 6) is 1.30. The van der Waals surface area contributed by atoms with E-state index >= 15 is 0 Å². The van der Waals surface area contributed by atoms with E-state index < -0.39 is 0 Å². The molecule has 0 spiro atoms. The zero-order valence-corrected chi connectivity index (χ0v) is 16.5. The molecule has 3 aromatic heterocycles. The summed E-state index contributed by atoms with van der Waals surface area (Å²) in [7, 11) is 0. The van der Waals surface area contributed by atoms with E-state index in [9.17, 15) is 0 Å². The fourth-order valence-electron chi connectivity index (χ4n) is 2.78. The summed E-state index contributed by atoms with van der Waals surface area (Å²) in [6, 6.07) is 8.73. The molecule has 3 heterocycles. The molecule has 0 aliphatic heterocycles. The van der Waals surface area contributed by atoms with E-state index in [2.05, 4.69) is 75.9 Å². The molecule has 0 atom stereocenters. The maximum absolute atomic E-state index is 4.46. The Hall–Kier alpha value is -2.38. The maximum atomic E-state index is 4.46. The van der Waals surface area contributed by atoms with Gasteiger partial charge in [-0.2, -0.15) is 0 Å². The van der Waals surface area contributed by atoms with Crippen LogP contribution in [-0.4, -0.2) is 20.2 Å². The first kappa shape index (κ1) is 17.1. The number of anilines is 2. The minimum atomic E-state index is 0.522. The maximum Gasteiger partial charge on any atom is 0.211 e. The van der Waals surface area contributed by atoms with Gasteiger partial charge in [0.1, 0.15) is 22.0 Å². The van der Waals surface area contributed by atoms with Gasteiger partial charge in [-0.05, 0) is 23.5 Å². The lowest BCUT2D eigenvalue weighted by atomic mass is 9.99. The molecule has 26 heavy (non-hydrogen) atoms. The van der Waals surface area contributed by atoms with Crippen LogP contribution in [0, 0.1) is 0 Å². The van der Waals surface area contributed by atoms with Crippen molar-refractivity contribution >= 4 is 43.8 Å². The predicted octanol–water partition coefficient (Wildman–Crippen LogP) is 5.64. The summed E-state index contributed by atoms with van der Waals surface area (Å²) in [6.07, 6.45) is 2.47. The van der Waals surface area contributed by atoms with Crippen LogP contribution in [0.4, 0.5) is 10.9 Å². The van der Waals surface area contributed by atoms with Gasteiger partial charge < -0.3 is 5.32 Å². The lowest BCUT2D eigenvalue weighted by molar-refractivity contribution is 0.867. The van der Waals surface area contributed by atoms with Crippen LogP contribution in [0.15, 0.2) is 36.0 Å². The van der Waals surface area contributed by atoms with E-state index in [1.807, 2.05) is 0 Å². The summed E-state index contributed by atoms with van der Waals surface area (Å²) in [5, 5.41) is 16.6. The number of aromatic nitrogens is 4. The smallest absolute Gasteiger partial charge is 0.211 e. The van der Waals surface area contributed by atoms with Gasteiger partial charge in [0.2, 0.25) is 5.13 Å². The molecular formula is C19H19N5S2. The van der Waals surface area contributed by atoms with Crippen molar-refractivity contribution in [3.05, 3.63) is 46.5 Å². The van der Waals surface area contributed by atoms with Crippen LogP contribution < -0.4 is 5.32 Å². The number of nitrogens with one attached hydrogen (secondary N) is 1. The highest BCUT2D eigenvalue weighted by atomic mass is 32.1. The number of hydrogen-bond acceptors (Lipinski definition) is 7. The number of rotatable bonds is 5. The highest BCUT2D eigenvalue weighted by Crippen LogP contribution is 2.38. The Labute approximate surface area is 160 Å². The Morgan fingerprint density at radius 1 is 1.08 bits per heavy atom. The second-order valence-corrected chi connectivity index (χ2v) is 8.23. The fourth-order valence-corrected chi connectivity index (χ4v) is 4.37. The van der Waals surface area contributed by atoms with Gasteiger partial charge in [-0.15, -0.1) is 21.5 Å². The molecule has 0 amide bonds. The second kappa shape index (κ2) is 7.09. The molecule has 0 aliphatic carbocycles. The molecule has 0 saturated heterocycles. The predicted molar refractivity (Wildman–Crippen MR) is 110 cm³/mol. The van der Waals surface area contributed by atoms with Crippen LogP contribution in [0.5, 0.6) is 0 Å². The average Bonchev–Trinajstić information content (AvgIpc) is 3.29. The molecule has 0 unspecified atom stereocenters. The molecule has 132 valence electrons. The SMILES string of the molecule is CCc1nnc(Nc2ncnc3scc(-c4ccc(C(C)C)cc4)c23)s1. The summed E-state index contributed by atoms with van der Waals surface area (Å²) in [5.41, 5.74) is 3.65. The molecule has 0 radical (unpaired) electrons. The minimum absolute atomic E-state index is 0.522. The van der Waals surface area contributed by atoms with Crippen molar-refractivity contribution in [3.8, 4) is 11.1 Å². The van der Waals surface area contributed by atoms with Gasteiger partial charge in [0.05, 0.1) is 5.39 Å². The van der Waals surface area contributed by atoms with Gasteiger partial charge in [-0.25, -0.2) is 9.97 Å². The van der Waals surface area contributed by atoms with Crippen molar-refractivity contribution < 1.29 is 0 Å². The molecule has 7 heteroatoms. The molecule has 0 saturated carbocycles. The average molecular weight is 382 g/mol. The quantitative estimate of drug-likeness (QED) is 0.485. The van der Waals surface area contributed by atoms with Crippen molar-refractivity contribution in [1.29, 1.82) is 0 Å². The lowest BCUT2D eigenvalue weighted by Crippen LogP contribution is -1.95. The fraction of sp³-hybridized carbons (Fsp3) is 0.263. The van der Waals surface area contributed by atoms with Crippen LogP contribution in [-0.2, 0) is 6.42 Å². The normalized spacial score (nSPS) is 11.4. The van der Waals surface area contributed by atoms with E-state index in [1.165, 1.54) is 11.1 Å². The second-order valence-electron chi connectivity index (χ2n) is 6.31. The van der Waals surface area contributed by atoms with Gasteiger partial charge in [-0.3, -0.25) is 0 Å². The van der Waals surface area contributed by atoms with E-state index in [4.69, 9.17) is 0 Å². The van der Waals surface area contributed by atoms with Crippen molar-refractivity contribution in [1.82, 2.24) is 20.2 Å². The van der Waals surface area contributed by atoms with Gasteiger partial charge in [0.15, 0.2) is 0 Å². The monoisotopic (exact) mass is 381 g/mol. The molecule has 1 aromatic carbocycles. The molecule has 4 aromatic rings. The van der Waals surface area contributed by atoms with Crippen molar-refractivity contribution in [2.75, 3.05) is 5.32 Å². The van der Waals surface area contributed by atoms with Crippen LogP contribution in [0.1, 0.15) is 37.3 Å². The summed E-state index contributed by atoms with van der Waals surface area (Å²) < 4.78 is 0. The molecule has 0 aliphatic rings. The summed E-state index contributed by atoms with van der Waals surface area (Å²) in [4.78, 5) is 9.86. The number of hydrogen-bond donors (Lipinski definition) is 1. The number of nitrogens with zero attached hydrogens (tertiary/aromatic N) is 4.